The second-order valence-corrected chi connectivity index (χ2v) is 5.97. The van der Waals surface area contributed by atoms with E-state index in [9.17, 15) is 0 Å². The number of nitrogens with two attached hydrogens (primary N) is 1. The van der Waals surface area contributed by atoms with Gasteiger partial charge >= 0.3 is 0 Å². The fourth-order valence-electron chi connectivity index (χ4n) is 2.61. The molecule has 1 aliphatic rings. The van der Waals surface area contributed by atoms with Gasteiger partial charge in [0.1, 0.15) is 0 Å². The molecule has 0 amide bonds. The van der Waals surface area contributed by atoms with Gasteiger partial charge in [0.05, 0.1) is 21.2 Å². The summed E-state index contributed by atoms with van der Waals surface area (Å²) < 4.78 is 0.898. The molecule has 0 saturated carbocycles. The van der Waals surface area contributed by atoms with E-state index >= 15 is 0 Å². The van der Waals surface area contributed by atoms with Crippen molar-refractivity contribution in [3.05, 3.63) is 63.1 Å². The van der Waals surface area contributed by atoms with Crippen LogP contribution in [0.4, 0.5) is 5.69 Å². The zero-order valence-electron chi connectivity index (χ0n) is 10.2. The van der Waals surface area contributed by atoms with Crippen molar-refractivity contribution in [3.8, 4) is 0 Å². The highest BCUT2D eigenvalue weighted by atomic mass is 79.9. The first-order valence-corrected chi connectivity index (χ1v) is 7.39. The average molecular weight is 338 g/mol. The van der Waals surface area contributed by atoms with Crippen LogP contribution in [0.3, 0.4) is 0 Å². The van der Waals surface area contributed by atoms with Crippen molar-refractivity contribution in [3.63, 3.8) is 0 Å². The summed E-state index contributed by atoms with van der Waals surface area (Å²) in [4.78, 5) is 0. The van der Waals surface area contributed by atoms with Gasteiger partial charge in [0.2, 0.25) is 0 Å². The molecule has 0 saturated heterocycles. The summed E-state index contributed by atoms with van der Waals surface area (Å²) in [5.74, 6) is 0. The molecule has 0 bridgehead atoms. The van der Waals surface area contributed by atoms with Crippen molar-refractivity contribution in [2.75, 3.05) is 5.32 Å². The molecule has 2 aromatic rings. The number of anilines is 1. The first-order chi connectivity index (χ1) is 9.16. The van der Waals surface area contributed by atoms with Gasteiger partial charge < -0.3 is 11.1 Å². The number of rotatable bonds is 2. The highest BCUT2D eigenvalue weighted by Crippen LogP contribution is 2.41. The monoisotopic (exact) mass is 336 g/mol. The molecule has 3 rings (SSSR count). The summed E-state index contributed by atoms with van der Waals surface area (Å²) in [6, 6.07) is 14.5. The van der Waals surface area contributed by atoms with Crippen molar-refractivity contribution >= 4 is 33.2 Å². The number of fused-ring (bicyclic) bond motifs is 1. The maximum absolute atomic E-state index is 6.18. The Morgan fingerprint density at radius 2 is 1.84 bits per heavy atom. The molecule has 19 heavy (non-hydrogen) atoms. The lowest BCUT2D eigenvalue weighted by Gasteiger charge is -2.17. The third-order valence-electron chi connectivity index (χ3n) is 3.54. The first kappa shape index (κ1) is 13.0. The molecule has 0 aliphatic heterocycles. The van der Waals surface area contributed by atoms with E-state index in [0.717, 1.165) is 16.6 Å². The van der Waals surface area contributed by atoms with Crippen LogP contribution in [0.5, 0.6) is 0 Å². The lowest BCUT2D eigenvalue weighted by atomic mass is 10.1. The molecule has 2 nitrogen and oxygen atoms in total. The third kappa shape index (κ3) is 2.38. The van der Waals surface area contributed by atoms with Gasteiger partial charge in [0, 0.05) is 6.04 Å². The van der Waals surface area contributed by atoms with Crippen molar-refractivity contribution in [2.45, 2.75) is 18.5 Å². The van der Waals surface area contributed by atoms with Crippen LogP contribution in [0.1, 0.15) is 29.6 Å². The van der Waals surface area contributed by atoms with E-state index in [1.807, 2.05) is 24.3 Å². The fraction of sp³-hybridized carbons (Fsp3) is 0.200. The molecule has 0 fully saturated rings. The van der Waals surface area contributed by atoms with E-state index in [2.05, 4.69) is 39.4 Å². The van der Waals surface area contributed by atoms with Crippen LogP contribution in [0.15, 0.2) is 46.9 Å². The zero-order chi connectivity index (χ0) is 13.4. The molecular weight excluding hydrogens is 324 g/mol. The fourth-order valence-corrected chi connectivity index (χ4v) is 3.17. The van der Waals surface area contributed by atoms with Crippen molar-refractivity contribution < 1.29 is 0 Å². The number of hydrogen-bond donors (Lipinski definition) is 2. The van der Waals surface area contributed by atoms with Gasteiger partial charge in [-0.3, -0.25) is 0 Å². The van der Waals surface area contributed by atoms with Gasteiger partial charge in [-0.2, -0.15) is 0 Å². The van der Waals surface area contributed by atoms with E-state index in [0.29, 0.717) is 5.02 Å². The van der Waals surface area contributed by atoms with Crippen LogP contribution < -0.4 is 11.1 Å². The lowest BCUT2D eigenvalue weighted by molar-refractivity contribution is 0.648. The second kappa shape index (κ2) is 5.16. The number of benzene rings is 2. The molecule has 3 N–H and O–H groups in total. The summed E-state index contributed by atoms with van der Waals surface area (Å²) in [6.07, 6.45) is 0.901. The van der Waals surface area contributed by atoms with E-state index in [-0.39, 0.29) is 12.1 Å². The molecule has 0 radical (unpaired) electrons. The van der Waals surface area contributed by atoms with Crippen LogP contribution in [-0.4, -0.2) is 0 Å². The van der Waals surface area contributed by atoms with Gasteiger partial charge in [0.15, 0.2) is 0 Å². The smallest absolute Gasteiger partial charge is 0.0593 e. The topological polar surface area (TPSA) is 38.0 Å². The van der Waals surface area contributed by atoms with Crippen molar-refractivity contribution in [1.82, 2.24) is 0 Å². The van der Waals surface area contributed by atoms with Gasteiger partial charge in [-0.25, -0.2) is 0 Å². The third-order valence-corrected chi connectivity index (χ3v) is 4.94. The molecule has 1 aliphatic carbocycles. The van der Waals surface area contributed by atoms with E-state index in [1.54, 1.807) is 0 Å². The van der Waals surface area contributed by atoms with Crippen molar-refractivity contribution in [2.24, 2.45) is 5.73 Å². The van der Waals surface area contributed by atoms with Crippen LogP contribution >= 0.6 is 27.5 Å². The average Bonchev–Trinajstić information content (AvgIpc) is 2.73. The van der Waals surface area contributed by atoms with Gasteiger partial charge in [-0.05, 0) is 45.6 Å². The SMILES string of the molecule is NC1CC(Nc2cccc(Cl)c2Br)c2ccccc21. The molecule has 2 aromatic carbocycles. The minimum Gasteiger partial charge on any atom is -0.377 e. The van der Waals surface area contributed by atoms with E-state index in [4.69, 9.17) is 17.3 Å². The summed E-state index contributed by atoms with van der Waals surface area (Å²) in [5.41, 5.74) is 9.70. The molecule has 0 heterocycles. The maximum atomic E-state index is 6.18. The van der Waals surface area contributed by atoms with Crippen LogP contribution in [0, 0.1) is 0 Å². The molecule has 0 spiro atoms. The number of nitrogens with one attached hydrogen (secondary N) is 1. The summed E-state index contributed by atoms with van der Waals surface area (Å²) in [7, 11) is 0. The van der Waals surface area contributed by atoms with Gasteiger partial charge in [0.25, 0.3) is 0 Å². The summed E-state index contributed by atoms with van der Waals surface area (Å²) in [6.45, 7) is 0. The zero-order valence-corrected chi connectivity index (χ0v) is 12.6. The van der Waals surface area contributed by atoms with Crippen LogP contribution in [0.2, 0.25) is 5.02 Å². The molecular formula is C15H14BrClN2. The Kier molecular flexibility index (Phi) is 3.52. The van der Waals surface area contributed by atoms with Crippen LogP contribution in [0.25, 0.3) is 0 Å². The normalized spacial score (nSPS) is 21.2. The molecule has 2 atom stereocenters. The quantitative estimate of drug-likeness (QED) is 0.836. The molecule has 2 unspecified atom stereocenters. The lowest BCUT2D eigenvalue weighted by Crippen LogP contribution is -2.10. The minimum atomic E-state index is 0.103. The predicted molar refractivity (Wildman–Crippen MR) is 83.5 cm³/mol. The predicted octanol–water partition coefficient (Wildman–Crippen LogP) is 4.66. The molecule has 4 heteroatoms. The highest BCUT2D eigenvalue weighted by molar-refractivity contribution is 9.10. The van der Waals surface area contributed by atoms with E-state index < -0.39 is 0 Å². The highest BCUT2D eigenvalue weighted by Gasteiger charge is 2.28. The van der Waals surface area contributed by atoms with Gasteiger partial charge in [-0.1, -0.05) is 41.9 Å². The standard InChI is InChI=1S/C15H14BrClN2/c16-15-11(17)6-3-7-13(15)19-14-8-12(18)9-4-1-2-5-10(9)14/h1-7,12,14,19H,8,18H2. The minimum absolute atomic E-state index is 0.103. The number of halogens is 2. The maximum Gasteiger partial charge on any atom is 0.0593 e. The Morgan fingerprint density at radius 1 is 1.11 bits per heavy atom. The Morgan fingerprint density at radius 3 is 2.63 bits per heavy atom. The molecule has 0 aromatic heterocycles. The second-order valence-electron chi connectivity index (χ2n) is 4.77. The van der Waals surface area contributed by atoms with Gasteiger partial charge in [-0.15, -0.1) is 0 Å². The Bertz CT molecular complexity index is 615. The Balaban J connectivity index is 1.91. The van der Waals surface area contributed by atoms with Crippen molar-refractivity contribution in [1.29, 1.82) is 0 Å². The van der Waals surface area contributed by atoms with E-state index in [1.165, 1.54) is 11.1 Å². The Labute approximate surface area is 126 Å². The first-order valence-electron chi connectivity index (χ1n) is 6.22. The Hall–Kier alpha value is -1.03. The summed E-state index contributed by atoms with van der Waals surface area (Å²) in [5, 5.41) is 4.23. The number of hydrogen-bond acceptors (Lipinski definition) is 2. The summed E-state index contributed by atoms with van der Waals surface area (Å²) >= 11 is 9.63. The molecule has 98 valence electrons. The largest absolute Gasteiger partial charge is 0.377 e. The van der Waals surface area contributed by atoms with Crippen LogP contribution in [-0.2, 0) is 0 Å².